The van der Waals surface area contributed by atoms with Gasteiger partial charge in [0.05, 0.1) is 18.7 Å². The summed E-state index contributed by atoms with van der Waals surface area (Å²) in [7, 11) is 1.50. The van der Waals surface area contributed by atoms with Gasteiger partial charge in [-0.2, -0.15) is 0 Å². The van der Waals surface area contributed by atoms with Crippen molar-refractivity contribution in [1.29, 1.82) is 0 Å². The number of carbonyl (C=O) groups is 2. The first-order chi connectivity index (χ1) is 16.0. The van der Waals surface area contributed by atoms with Crippen LogP contribution >= 0.6 is 0 Å². The summed E-state index contributed by atoms with van der Waals surface area (Å²) in [6.45, 7) is 0. The third-order valence-corrected chi connectivity index (χ3v) is 5.62. The fourth-order valence-electron chi connectivity index (χ4n) is 4.06. The lowest BCUT2D eigenvalue weighted by atomic mass is 9.94. The maximum atomic E-state index is 13.6. The van der Waals surface area contributed by atoms with Gasteiger partial charge in [-0.25, -0.2) is 4.39 Å². The minimum atomic E-state index is -0.973. The molecule has 0 bridgehead atoms. The first kappa shape index (κ1) is 20.5. The Morgan fingerprint density at radius 1 is 1.03 bits per heavy atom. The van der Waals surface area contributed by atoms with Gasteiger partial charge in [0, 0.05) is 11.1 Å². The number of anilines is 1. The lowest BCUT2D eigenvalue weighted by molar-refractivity contribution is -0.117. The van der Waals surface area contributed by atoms with Gasteiger partial charge in [0.15, 0.2) is 11.5 Å². The first-order valence-electron chi connectivity index (χ1n) is 10.2. The van der Waals surface area contributed by atoms with Crippen LogP contribution in [0.15, 0.2) is 94.6 Å². The van der Waals surface area contributed by atoms with E-state index >= 15 is 0 Å². The van der Waals surface area contributed by atoms with Gasteiger partial charge in [-0.1, -0.05) is 30.3 Å². The number of halogens is 1. The van der Waals surface area contributed by atoms with E-state index in [1.54, 1.807) is 48.5 Å². The molecule has 4 aromatic rings. The fraction of sp³-hybridized carbons (Fsp3) is 0.0769. The highest BCUT2D eigenvalue weighted by atomic mass is 19.1. The zero-order chi connectivity index (χ0) is 23.1. The van der Waals surface area contributed by atoms with Crippen molar-refractivity contribution in [1.82, 2.24) is 0 Å². The Bertz CT molecular complexity index is 1390. The van der Waals surface area contributed by atoms with Crippen LogP contribution in [0.4, 0.5) is 10.1 Å². The summed E-state index contributed by atoms with van der Waals surface area (Å²) < 4.78 is 24.6. The molecule has 0 fully saturated rings. The highest BCUT2D eigenvalue weighted by molar-refractivity contribution is 6.20. The molecule has 1 atom stereocenters. The Balaban J connectivity index is 1.67. The van der Waals surface area contributed by atoms with Gasteiger partial charge >= 0.3 is 0 Å². The van der Waals surface area contributed by atoms with Crippen molar-refractivity contribution >= 4 is 28.3 Å². The number of furan rings is 1. The third kappa shape index (κ3) is 3.43. The van der Waals surface area contributed by atoms with Crippen molar-refractivity contribution in [2.75, 3.05) is 12.0 Å². The molecule has 0 saturated heterocycles. The van der Waals surface area contributed by atoms with Gasteiger partial charge in [0.25, 0.3) is 5.91 Å². The van der Waals surface area contributed by atoms with Crippen LogP contribution in [0.25, 0.3) is 11.0 Å². The molecule has 6 nitrogen and oxygen atoms in total. The average molecular weight is 443 g/mol. The number of hydrogen-bond donors (Lipinski definition) is 1. The molecule has 5 rings (SSSR count). The van der Waals surface area contributed by atoms with Gasteiger partial charge in [-0.05, 0) is 54.1 Å². The number of para-hydroxylation sites is 1. The number of hydrogen-bond acceptors (Lipinski definition) is 5. The Kier molecular flexibility index (Phi) is 4.94. The van der Waals surface area contributed by atoms with E-state index < -0.39 is 29.3 Å². The Morgan fingerprint density at radius 2 is 1.79 bits per heavy atom. The quantitative estimate of drug-likeness (QED) is 0.420. The molecule has 1 N–H and O–H groups in total. The van der Waals surface area contributed by atoms with Crippen LogP contribution in [0.3, 0.4) is 0 Å². The summed E-state index contributed by atoms with van der Waals surface area (Å²) in [5.74, 6) is -2.03. The molecule has 0 aliphatic carbocycles. The van der Waals surface area contributed by atoms with Crippen molar-refractivity contribution < 1.29 is 28.2 Å². The molecule has 2 heterocycles. The van der Waals surface area contributed by atoms with Crippen LogP contribution in [0, 0.1) is 5.82 Å². The molecule has 1 unspecified atom stereocenters. The number of ketones is 1. The van der Waals surface area contributed by atoms with Crippen LogP contribution in [0.5, 0.6) is 5.75 Å². The van der Waals surface area contributed by atoms with E-state index in [-0.39, 0.29) is 11.3 Å². The molecule has 0 saturated carbocycles. The molecule has 0 spiro atoms. The molecule has 1 aromatic heterocycles. The van der Waals surface area contributed by atoms with Crippen LogP contribution in [0.1, 0.15) is 22.2 Å². The van der Waals surface area contributed by atoms with Crippen molar-refractivity contribution in [2.45, 2.75) is 6.04 Å². The van der Waals surface area contributed by atoms with Gasteiger partial charge in [-0.3, -0.25) is 14.5 Å². The second-order valence-corrected chi connectivity index (χ2v) is 7.57. The molecule has 1 aliphatic heterocycles. The smallest absolute Gasteiger partial charge is 0.294 e. The number of aliphatic hydroxyl groups is 1. The molecule has 0 radical (unpaired) electrons. The van der Waals surface area contributed by atoms with Crippen LogP contribution in [0.2, 0.25) is 0 Å². The van der Waals surface area contributed by atoms with Crippen molar-refractivity contribution in [2.24, 2.45) is 0 Å². The van der Waals surface area contributed by atoms with Crippen molar-refractivity contribution in [3.8, 4) is 5.75 Å². The van der Waals surface area contributed by atoms with Crippen molar-refractivity contribution in [3.05, 3.63) is 107 Å². The maximum Gasteiger partial charge on any atom is 0.294 e. The molecule has 7 heteroatoms. The number of aliphatic hydroxyl groups excluding tert-OH is 1. The topological polar surface area (TPSA) is 80.0 Å². The minimum absolute atomic E-state index is 0.000553. The van der Waals surface area contributed by atoms with Gasteiger partial charge in [0.1, 0.15) is 17.1 Å². The van der Waals surface area contributed by atoms with E-state index in [4.69, 9.17) is 9.15 Å². The summed E-state index contributed by atoms with van der Waals surface area (Å²) in [5.41, 5.74) is 1.25. The van der Waals surface area contributed by atoms with Crippen molar-refractivity contribution in [3.63, 3.8) is 0 Å². The molecule has 1 amide bonds. The lowest BCUT2D eigenvalue weighted by Crippen LogP contribution is -2.31. The van der Waals surface area contributed by atoms with E-state index in [1.165, 1.54) is 36.3 Å². The normalized spacial score (nSPS) is 16.0. The largest absolute Gasteiger partial charge is 0.503 e. The highest BCUT2D eigenvalue weighted by Gasteiger charge is 2.45. The number of amides is 1. The molecular weight excluding hydrogens is 425 g/mol. The predicted molar refractivity (Wildman–Crippen MR) is 120 cm³/mol. The zero-order valence-electron chi connectivity index (χ0n) is 17.5. The van der Waals surface area contributed by atoms with Crippen LogP contribution in [-0.2, 0) is 4.79 Å². The third-order valence-electron chi connectivity index (χ3n) is 5.62. The van der Waals surface area contributed by atoms with Crippen LogP contribution in [-0.4, -0.2) is 23.9 Å². The number of rotatable bonds is 5. The van der Waals surface area contributed by atoms with Gasteiger partial charge < -0.3 is 14.3 Å². The zero-order valence-corrected chi connectivity index (χ0v) is 17.5. The Morgan fingerprint density at radius 3 is 2.52 bits per heavy atom. The monoisotopic (exact) mass is 443 g/mol. The molecule has 164 valence electrons. The molecule has 33 heavy (non-hydrogen) atoms. The number of benzene rings is 3. The first-order valence-corrected chi connectivity index (χ1v) is 10.2. The summed E-state index contributed by atoms with van der Waals surface area (Å²) in [5, 5.41) is 11.6. The number of ether oxygens (including phenoxy) is 1. The van der Waals surface area contributed by atoms with E-state index in [1.807, 2.05) is 6.07 Å². The summed E-state index contributed by atoms with van der Waals surface area (Å²) in [6.07, 6.45) is 0. The summed E-state index contributed by atoms with van der Waals surface area (Å²) >= 11 is 0. The highest BCUT2D eigenvalue weighted by Crippen LogP contribution is 2.43. The van der Waals surface area contributed by atoms with E-state index in [2.05, 4.69) is 0 Å². The van der Waals surface area contributed by atoms with Gasteiger partial charge in [0.2, 0.25) is 5.78 Å². The standard InChI is InChI=1S/C26H18FNO5/c1-32-19-7-4-6-16(13-19)23-22(24(29)21-14-15-5-2-3-8-20(15)33-21)25(30)26(31)28(23)18-11-9-17(27)10-12-18/h2-14,23,30H,1H3. The number of nitrogens with zero attached hydrogens (tertiary/aromatic N) is 1. The molecular formula is C26H18FNO5. The van der Waals surface area contributed by atoms with E-state index in [0.29, 0.717) is 22.6 Å². The Hall–Kier alpha value is -4.39. The lowest BCUT2D eigenvalue weighted by Gasteiger charge is -2.27. The second kappa shape index (κ2) is 7.94. The number of Topliss-reactive ketones (excluding diaryl/α,β-unsaturated/α-hetero) is 1. The number of methoxy groups -OCH3 is 1. The average Bonchev–Trinajstić information content (AvgIpc) is 3.39. The Labute approximate surface area is 188 Å². The number of fused-ring (bicyclic) bond motifs is 1. The molecule has 3 aromatic carbocycles. The summed E-state index contributed by atoms with van der Waals surface area (Å²) in [4.78, 5) is 28.0. The van der Waals surface area contributed by atoms with Gasteiger partial charge in [-0.15, -0.1) is 0 Å². The predicted octanol–water partition coefficient (Wildman–Crippen LogP) is 5.36. The SMILES string of the molecule is COc1cccc(C2C(C(=O)c3cc4ccccc4o3)=C(O)C(=O)N2c2ccc(F)cc2)c1. The van der Waals surface area contributed by atoms with Crippen LogP contribution < -0.4 is 9.64 Å². The summed E-state index contributed by atoms with van der Waals surface area (Å²) in [6, 6.07) is 19.8. The number of carbonyl (C=O) groups excluding carboxylic acids is 2. The van der Waals surface area contributed by atoms with E-state index in [0.717, 1.165) is 5.39 Å². The molecule has 1 aliphatic rings. The fourth-order valence-corrected chi connectivity index (χ4v) is 4.06. The second-order valence-electron chi connectivity index (χ2n) is 7.57. The maximum absolute atomic E-state index is 13.6. The van der Waals surface area contributed by atoms with E-state index in [9.17, 15) is 19.1 Å². The minimum Gasteiger partial charge on any atom is -0.503 e.